The maximum Gasteiger partial charge on any atom is 0.244 e. The van der Waals surface area contributed by atoms with Crippen molar-refractivity contribution in [2.45, 2.75) is 25.9 Å². The zero-order chi connectivity index (χ0) is 19.6. The van der Waals surface area contributed by atoms with Crippen LogP contribution >= 0.6 is 0 Å². The fraction of sp³-hybridized carbons (Fsp3) is 0.476. The van der Waals surface area contributed by atoms with Gasteiger partial charge in [-0.25, -0.2) is 0 Å². The second-order valence-corrected chi connectivity index (χ2v) is 6.53. The fourth-order valence-electron chi connectivity index (χ4n) is 2.92. The van der Waals surface area contributed by atoms with E-state index >= 15 is 0 Å². The number of rotatable bonds is 9. The molecule has 1 heterocycles. The number of ether oxygens (including phenoxy) is 3. The van der Waals surface area contributed by atoms with Crippen LogP contribution in [0.5, 0.6) is 11.5 Å². The Morgan fingerprint density at radius 3 is 2.74 bits per heavy atom. The van der Waals surface area contributed by atoms with Gasteiger partial charge in [-0.3, -0.25) is 9.69 Å². The predicted octanol–water partition coefficient (Wildman–Crippen LogP) is 2.50. The van der Waals surface area contributed by atoms with Gasteiger partial charge in [0.1, 0.15) is 6.61 Å². The largest absolute Gasteiger partial charge is 0.493 e. The first-order chi connectivity index (χ1) is 13.0. The first-order valence-corrected chi connectivity index (χ1v) is 9.27. The summed E-state index contributed by atoms with van der Waals surface area (Å²) in [4.78, 5) is 14.6. The lowest BCUT2D eigenvalue weighted by atomic mass is 10.1. The number of hydrogen-bond acceptors (Lipinski definition) is 5. The van der Waals surface area contributed by atoms with Crippen molar-refractivity contribution in [3.63, 3.8) is 0 Å². The summed E-state index contributed by atoms with van der Waals surface area (Å²) in [5, 5.41) is 3.04. The van der Waals surface area contributed by atoms with E-state index in [1.165, 1.54) is 0 Å². The highest BCUT2D eigenvalue weighted by Gasteiger charge is 2.22. The number of nitrogens with zero attached hydrogens (tertiary/aromatic N) is 1. The summed E-state index contributed by atoms with van der Waals surface area (Å²) < 4.78 is 16.3. The number of carbonyl (C=O) groups is 1. The van der Waals surface area contributed by atoms with Crippen LogP contribution in [-0.2, 0) is 9.53 Å². The van der Waals surface area contributed by atoms with Crippen molar-refractivity contribution in [1.82, 2.24) is 10.2 Å². The van der Waals surface area contributed by atoms with Crippen molar-refractivity contribution in [3.05, 3.63) is 42.5 Å². The maximum absolute atomic E-state index is 12.3. The van der Waals surface area contributed by atoms with E-state index in [2.05, 4.69) is 23.7 Å². The summed E-state index contributed by atoms with van der Waals surface area (Å²) in [7, 11) is 1.59. The molecule has 1 fully saturated rings. The maximum atomic E-state index is 12.3. The van der Waals surface area contributed by atoms with Gasteiger partial charge in [-0.1, -0.05) is 18.7 Å². The molecule has 0 spiro atoms. The summed E-state index contributed by atoms with van der Waals surface area (Å²) in [5.41, 5.74) is 0.863. The zero-order valence-electron chi connectivity index (χ0n) is 16.4. The number of amides is 1. The first-order valence-electron chi connectivity index (χ1n) is 9.27. The molecule has 6 heteroatoms. The van der Waals surface area contributed by atoms with Gasteiger partial charge in [0.05, 0.1) is 20.3 Å². The standard InChI is InChI=1S/C21H30N2O4/c1-5-12-27-19-8-6-18(15-20(19)25-4)7-9-21(24)22-16(2)17(3)23-10-13-26-14-11-23/h5-9,15-17H,1,10-14H2,2-4H3,(H,22,24). The first kappa shape index (κ1) is 21.0. The van der Waals surface area contributed by atoms with Gasteiger partial charge in [0.15, 0.2) is 11.5 Å². The van der Waals surface area contributed by atoms with E-state index in [1.807, 2.05) is 25.1 Å². The van der Waals surface area contributed by atoms with E-state index < -0.39 is 0 Å². The highest BCUT2D eigenvalue weighted by Crippen LogP contribution is 2.28. The highest BCUT2D eigenvalue weighted by atomic mass is 16.5. The zero-order valence-corrected chi connectivity index (χ0v) is 16.4. The molecule has 27 heavy (non-hydrogen) atoms. The van der Waals surface area contributed by atoms with Crippen LogP contribution in [0.4, 0.5) is 0 Å². The molecule has 0 aromatic heterocycles. The van der Waals surface area contributed by atoms with Crippen molar-refractivity contribution in [3.8, 4) is 11.5 Å². The number of hydrogen-bond donors (Lipinski definition) is 1. The molecule has 1 aromatic carbocycles. The van der Waals surface area contributed by atoms with Gasteiger partial charge in [0.25, 0.3) is 0 Å². The van der Waals surface area contributed by atoms with Gasteiger partial charge in [-0.05, 0) is 37.6 Å². The molecule has 2 atom stereocenters. The molecule has 0 aliphatic carbocycles. The van der Waals surface area contributed by atoms with Crippen LogP contribution in [0.1, 0.15) is 19.4 Å². The monoisotopic (exact) mass is 374 g/mol. The lowest BCUT2D eigenvalue weighted by Crippen LogP contribution is -2.51. The van der Waals surface area contributed by atoms with Gasteiger partial charge in [0.2, 0.25) is 5.91 Å². The Balaban J connectivity index is 1.92. The SMILES string of the molecule is C=CCOc1ccc(C=CC(=O)NC(C)C(C)N2CCOCC2)cc1OC. The summed E-state index contributed by atoms with van der Waals surface area (Å²) >= 11 is 0. The van der Waals surface area contributed by atoms with Crippen molar-refractivity contribution in [2.24, 2.45) is 0 Å². The predicted molar refractivity (Wildman–Crippen MR) is 107 cm³/mol. The molecule has 6 nitrogen and oxygen atoms in total. The van der Waals surface area contributed by atoms with Crippen LogP contribution in [0.15, 0.2) is 36.9 Å². The number of methoxy groups -OCH3 is 1. The van der Waals surface area contributed by atoms with Gasteiger partial charge in [-0.15, -0.1) is 0 Å². The fourth-order valence-corrected chi connectivity index (χ4v) is 2.92. The van der Waals surface area contributed by atoms with Crippen molar-refractivity contribution in [2.75, 3.05) is 40.0 Å². The molecular weight excluding hydrogens is 344 g/mol. The molecule has 0 saturated carbocycles. The Bertz CT molecular complexity index is 654. The van der Waals surface area contributed by atoms with Gasteiger partial charge < -0.3 is 19.5 Å². The van der Waals surface area contributed by atoms with Crippen molar-refractivity contribution in [1.29, 1.82) is 0 Å². The number of nitrogens with one attached hydrogen (secondary N) is 1. The van der Waals surface area contributed by atoms with Crippen LogP contribution in [0.25, 0.3) is 6.08 Å². The Labute approximate surface area is 161 Å². The topological polar surface area (TPSA) is 60.0 Å². The minimum atomic E-state index is -0.117. The Morgan fingerprint density at radius 1 is 1.33 bits per heavy atom. The Morgan fingerprint density at radius 2 is 2.07 bits per heavy atom. The van der Waals surface area contributed by atoms with Crippen LogP contribution in [-0.4, -0.2) is 62.9 Å². The molecule has 1 aromatic rings. The van der Waals surface area contributed by atoms with Crippen LogP contribution in [0, 0.1) is 0 Å². The highest BCUT2D eigenvalue weighted by molar-refractivity contribution is 5.92. The summed E-state index contributed by atoms with van der Waals surface area (Å²) in [6.45, 7) is 11.5. The molecule has 1 saturated heterocycles. The van der Waals surface area contributed by atoms with Crippen LogP contribution in [0.3, 0.4) is 0 Å². The van der Waals surface area contributed by atoms with Crippen molar-refractivity contribution >= 4 is 12.0 Å². The molecule has 1 N–H and O–H groups in total. The third-order valence-corrected chi connectivity index (χ3v) is 4.69. The minimum absolute atomic E-state index is 0.0458. The van der Waals surface area contributed by atoms with E-state index in [0.717, 1.165) is 31.9 Å². The molecule has 0 bridgehead atoms. The molecule has 1 aliphatic heterocycles. The minimum Gasteiger partial charge on any atom is -0.493 e. The number of benzene rings is 1. The molecule has 2 rings (SSSR count). The van der Waals surface area contributed by atoms with Gasteiger partial charge in [-0.2, -0.15) is 0 Å². The van der Waals surface area contributed by atoms with Gasteiger partial charge in [0, 0.05) is 31.2 Å². The third-order valence-electron chi connectivity index (χ3n) is 4.69. The van der Waals surface area contributed by atoms with E-state index in [0.29, 0.717) is 18.1 Å². The Kier molecular flexibility index (Phi) is 8.36. The average Bonchev–Trinajstić information content (AvgIpc) is 2.70. The lowest BCUT2D eigenvalue weighted by Gasteiger charge is -2.35. The smallest absolute Gasteiger partial charge is 0.244 e. The number of carbonyl (C=O) groups excluding carboxylic acids is 1. The van der Waals surface area contributed by atoms with Gasteiger partial charge >= 0.3 is 0 Å². The molecule has 2 unspecified atom stereocenters. The third kappa shape index (κ3) is 6.41. The van der Waals surface area contributed by atoms with Crippen molar-refractivity contribution < 1.29 is 19.0 Å². The van der Waals surface area contributed by atoms with Crippen LogP contribution in [0.2, 0.25) is 0 Å². The normalized spacial score (nSPS) is 17.3. The second-order valence-electron chi connectivity index (χ2n) is 6.53. The summed E-state index contributed by atoms with van der Waals surface area (Å²) in [6, 6.07) is 5.84. The molecule has 0 radical (unpaired) electrons. The molecule has 1 amide bonds. The van der Waals surface area contributed by atoms with E-state index in [4.69, 9.17) is 14.2 Å². The summed E-state index contributed by atoms with van der Waals surface area (Å²) in [6.07, 6.45) is 4.99. The van der Waals surface area contributed by atoms with E-state index in [9.17, 15) is 4.79 Å². The van der Waals surface area contributed by atoms with E-state index in [-0.39, 0.29) is 18.0 Å². The average molecular weight is 374 g/mol. The molecular formula is C21H30N2O4. The second kappa shape index (κ2) is 10.7. The quantitative estimate of drug-likeness (QED) is 0.532. The number of morpholine rings is 1. The van der Waals surface area contributed by atoms with E-state index in [1.54, 1.807) is 25.3 Å². The van der Waals surface area contributed by atoms with Crippen LogP contribution < -0.4 is 14.8 Å². The lowest BCUT2D eigenvalue weighted by molar-refractivity contribution is -0.117. The Hall–Kier alpha value is -2.31. The molecule has 148 valence electrons. The molecule has 1 aliphatic rings. The summed E-state index contributed by atoms with van der Waals surface area (Å²) in [5.74, 6) is 1.15.